The van der Waals surface area contributed by atoms with Crippen LogP contribution < -0.4 is 0 Å². The molecule has 0 nitrogen and oxygen atoms in total. The molecule has 0 saturated heterocycles. The van der Waals surface area contributed by atoms with Gasteiger partial charge in [0, 0.05) is 20.4 Å². The Morgan fingerprint density at radius 3 is 1.95 bits per heavy atom. The molecule has 0 aliphatic rings. The standard InChI is InChI=1S/C19H22S2/c1-6-7-20-17-11-15(4)19(16(5)12-17)21-18-9-13(2)8-14(3)10-18/h6,8-12H,1,7H2,2-5H3. The summed E-state index contributed by atoms with van der Waals surface area (Å²) in [7, 11) is 0. The first kappa shape index (κ1) is 16.3. The first-order valence-electron chi connectivity index (χ1n) is 7.10. The van der Waals surface area contributed by atoms with Crippen molar-refractivity contribution in [3.8, 4) is 0 Å². The molecule has 110 valence electrons. The van der Waals surface area contributed by atoms with Crippen LogP contribution >= 0.6 is 23.5 Å². The fraction of sp³-hybridized carbons (Fsp3) is 0.263. The van der Waals surface area contributed by atoms with Gasteiger partial charge in [0.2, 0.25) is 0 Å². The smallest absolute Gasteiger partial charge is 0.0181 e. The molecule has 2 aromatic rings. The van der Waals surface area contributed by atoms with Crippen LogP contribution in [0.5, 0.6) is 0 Å². The van der Waals surface area contributed by atoms with Crippen LogP contribution in [0.15, 0.2) is 57.7 Å². The van der Waals surface area contributed by atoms with Gasteiger partial charge in [-0.3, -0.25) is 0 Å². The quantitative estimate of drug-likeness (QED) is 0.466. The van der Waals surface area contributed by atoms with Gasteiger partial charge in [-0.05, 0) is 74.2 Å². The van der Waals surface area contributed by atoms with E-state index in [1.165, 1.54) is 36.9 Å². The second kappa shape index (κ2) is 7.24. The zero-order valence-electron chi connectivity index (χ0n) is 13.2. The molecular formula is C19H22S2. The summed E-state index contributed by atoms with van der Waals surface area (Å²) in [5.74, 6) is 0.961. The lowest BCUT2D eigenvalue weighted by Crippen LogP contribution is -1.89. The van der Waals surface area contributed by atoms with Gasteiger partial charge < -0.3 is 0 Å². The second-order valence-electron chi connectivity index (χ2n) is 5.41. The Balaban J connectivity index is 2.29. The molecule has 0 saturated carbocycles. The van der Waals surface area contributed by atoms with Crippen LogP contribution in [0.25, 0.3) is 0 Å². The van der Waals surface area contributed by atoms with Gasteiger partial charge in [-0.25, -0.2) is 0 Å². The van der Waals surface area contributed by atoms with Gasteiger partial charge in [0.1, 0.15) is 0 Å². The Labute approximate surface area is 137 Å². The molecule has 0 N–H and O–H groups in total. The molecule has 0 amide bonds. The van der Waals surface area contributed by atoms with Crippen LogP contribution in [0.3, 0.4) is 0 Å². The van der Waals surface area contributed by atoms with Gasteiger partial charge in [-0.2, -0.15) is 0 Å². The fourth-order valence-electron chi connectivity index (χ4n) is 2.42. The van der Waals surface area contributed by atoms with E-state index in [1.54, 1.807) is 0 Å². The van der Waals surface area contributed by atoms with E-state index < -0.39 is 0 Å². The number of hydrogen-bond donors (Lipinski definition) is 0. The van der Waals surface area contributed by atoms with Gasteiger partial charge in [-0.1, -0.05) is 23.9 Å². The molecule has 2 aromatic carbocycles. The van der Waals surface area contributed by atoms with E-state index >= 15 is 0 Å². The largest absolute Gasteiger partial charge is 0.122 e. The van der Waals surface area contributed by atoms with Crippen molar-refractivity contribution in [2.75, 3.05) is 5.75 Å². The molecule has 0 heterocycles. The highest BCUT2D eigenvalue weighted by atomic mass is 32.2. The lowest BCUT2D eigenvalue weighted by molar-refractivity contribution is 1.16. The van der Waals surface area contributed by atoms with E-state index in [0.29, 0.717) is 0 Å². The summed E-state index contributed by atoms with van der Waals surface area (Å²) in [6.45, 7) is 12.5. The first-order valence-corrected chi connectivity index (χ1v) is 8.91. The summed E-state index contributed by atoms with van der Waals surface area (Å²) in [6, 6.07) is 11.3. The molecule has 0 radical (unpaired) electrons. The van der Waals surface area contributed by atoms with E-state index in [-0.39, 0.29) is 0 Å². The van der Waals surface area contributed by atoms with Crippen molar-refractivity contribution in [3.05, 3.63) is 65.2 Å². The van der Waals surface area contributed by atoms with Gasteiger partial charge in [0.25, 0.3) is 0 Å². The second-order valence-corrected chi connectivity index (χ2v) is 7.59. The molecule has 0 unspecified atom stereocenters. The van der Waals surface area contributed by atoms with E-state index in [1.807, 2.05) is 29.6 Å². The molecule has 0 aliphatic heterocycles. The normalized spacial score (nSPS) is 10.7. The molecular weight excluding hydrogens is 292 g/mol. The third-order valence-electron chi connectivity index (χ3n) is 3.22. The molecule has 0 atom stereocenters. The minimum atomic E-state index is 0.961. The summed E-state index contributed by atoms with van der Waals surface area (Å²) >= 11 is 3.71. The third-order valence-corrected chi connectivity index (χ3v) is 5.51. The zero-order chi connectivity index (χ0) is 15.4. The van der Waals surface area contributed by atoms with Crippen LogP contribution in [0.2, 0.25) is 0 Å². The van der Waals surface area contributed by atoms with Crippen molar-refractivity contribution in [2.24, 2.45) is 0 Å². The van der Waals surface area contributed by atoms with Crippen molar-refractivity contribution >= 4 is 23.5 Å². The first-order chi connectivity index (χ1) is 9.99. The highest BCUT2D eigenvalue weighted by molar-refractivity contribution is 8.00. The molecule has 0 spiro atoms. The van der Waals surface area contributed by atoms with E-state index in [4.69, 9.17) is 0 Å². The summed E-state index contributed by atoms with van der Waals surface area (Å²) in [6.07, 6.45) is 1.95. The highest BCUT2D eigenvalue weighted by Gasteiger charge is 2.08. The molecule has 0 fully saturated rings. The predicted molar refractivity (Wildman–Crippen MR) is 96.9 cm³/mol. The van der Waals surface area contributed by atoms with Crippen LogP contribution in [0.1, 0.15) is 22.3 Å². The number of thioether (sulfide) groups is 1. The predicted octanol–water partition coefficient (Wildman–Crippen LogP) is 6.35. The number of rotatable bonds is 5. The summed E-state index contributed by atoms with van der Waals surface area (Å²) in [5, 5.41) is 0. The maximum Gasteiger partial charge on any atom is 0.0181 e. The van der Waals surface area contributed by atoms with E-state index in [9.17, 15) is 0 Å². The van der Waals surface area contributed by atoms with E-state index in [0.717, 1.165) is 5.75 Å². The Bertz CT molecular complexity index is 613. The SMILES string of the molecule is C=CCSc1cc(C)c(Sc2cc(C)cc(C)c2)c(C)c1. The lowest BCUT2D eigenvalue weighted by atomic mass is 10.1. The molecule has 0 bridgehead atoms. The number of benzene rings is 2. The Hall–Kier alpha value is -1.12. The minimum absolute atomic E-state index is 0.961. The van der Waals surface area contributed by atoms with Gasteiger partial charge in [-0.15, -0.1) is 18.3 Å². The molecule has 21 heavy (non-hydrogen) atoms. The zero-order valence-corrected chi connectivity index (χ0v) is 14.8. The number of hydrogen-bond acceptors (Lipinski definition) is 2. The molecule has 0 aliphatic carbocycles. The Kier molecular flexibility index (Phi) is 5.60. The fourth-order valence-corrected chi connectivity index (χ4v) is 4.42. The Morgan fingerprint density at radius 2 is 1.43 bits per heavy atom. The van der Waals surface area contributed by atoms with Crippen molar-refractivity contribution in [3.63, 3.8) is 0 Å². The summed E-state index contributed by atoms with van der Waals surface area (Å²) in [5.41, 5.74) is 5.35. The maximum atomic E-state index is 3.79. The highest BCUT2D eigenvalue weighted by Crippen LogP contribution is 2.36. The van der Waals surface area contributed by atoms with Crippen molar-refractivity contribution in [2.45, 2.75) is 42.4 Å². The average Bonchev–Trinajstić information content (AvgIpc) is 2.39. The van der Waals surface area contributed by atoms with Gasteiger partial charge in [0.05, 0.1) is 0 Å². The number of aryl methyl sites for hydroxylation is 4. The van der Waals surface area contributed by atoms with Crippen molar-refractivity contribution < 1.29 is 0 Å². The van der Waals surface area contributed by atoms with Crippen molar-refractivity contribution in [1.82, 2.24) is 0 Å². The molecule has 2 rings (SSSR count). The van der Waals surface area contributed by atoms with Gasteiger partial charge in [0.15, 0.2) is 0 Å². The topological polar surface area (TPSA) is 0 Å². The molecule has 0 aromatic heterocycles. The molecule has 2 heteroatoms. The van der Waals surface area contributed by atoms with Gasteiger partial charge >= 0.3 is 0 Å². The van der Waals surface area contributed by atoms with Crippen molar-refractivity contribution in [1.29, 1.82) is 0 Å². The van der Waals surface area contributed by atoms with Crippen LogP contribution in [0, 0.1) is 27.7 Å². The van der Waals surface area contributed by atoms with Crippen LogP contribution in [0.4, 0.5) is 0 Å². The summed E-state index contributed by atoms with van der Waals surface area (Å²) in [4.78, 5) is 4.03. The van der Waals surface area contributed by atoms with E-state index in [2.05, 4.69) is 64.6 Å². The maximum absolute atomic E-state index is 3.79. The van der Waals surface area contributed by atoms with Crippen LogP contribution in [-0.2, 0) is 0 Å². The Morgan fingerprint density at radius 1 is 0.857 bits per heavy atom. The van der Waals surface area contributed by atoms with Crippen LogP contribution in [-0.4, -0.2) is 5.75 Å². The summed E-state index contributed by atoms with van der Waals surface area (Å²) < 4.78 is 0. The third kappa shape index (κ3) is 4.42. The minimum Gasteiger partial charge on any atom is -0.122 e. The lowest BCUT2D eigenvalue weighted by Gasteiger charge is -2.13. The monoisotopic (exact) mass is 314 g/mol. The average molecular weight is 315 g/mol.